The van der Waals surface area contributed by atoms with Crippen molar-refractivity contribution >= 4 is 34.4 Å². The van der Waals surface area contributed by atoms with Crippen LogP contribution >= 0.6 is 23.6 Å². The Balaban J connectivity index is 1.75. The van der Waals surface area contributed by atoms with Crippen LogP contribution < -0.4 is 11.1 Å². The van der Waals surface area contributed by atoms with Crippen molar-refractivity contribution < 1.29 is 0 Å². The molecule has 104 valence electrons. The number of thiocarbonyl (C=S) groups is 1. The lowest BCUT2D eigenvalue weighted by atomic mass is 10.1. The number of aromatic nitrogens is 2. The van der Waals surface area contributed by atoms with Gasteiger partial charge in [0.2, 0.25) is 0 Å². The highest BCUT2D eigenvalue weighted by Crippen LogP contribution is 2.25. The lowest BCUT2D eigenvalue weighted by molar-refractivity contribution is 0.898. The predicted molar refractivity (Wildman–Crippen MR) is 86.5 cm³/mol. The lowest BCUT2D eigenvalue weighted by Crippen LogP contribution is -2.17. The lowest BCUT2D eigenvalue weighted by Gasteiger charge is -2.12. The summed E-state index contributed by atoms with van der Waals surface area (Å²) in [5.74, 6) is 0.813. The van der Waals surface area contributed by atoms with Crippen LogP contribution in [0.15, 0.2) is 17.0 Å². The Morgan fingerprint density at radius 3 is 3.10 bits per heavy atom. The maximum absolute atomic E-state index is 5.82. The van der Waals surface area contributed by atoms with Crippen LogP contribution in [0.3, 0.4) is 0 Å². The Bertz CT molecular complexity index is 622. The zero-order valence-corrected chi connectivity index (χ0v) is 12.7. The van der Waals surface area contributed by atoms with E-state index in [-0.39, 0.29) is 0 Å². The Labute approximate surface area is 127 Å². The molecule has 0 saturated carbocycles. The molecule has 0 radical (unpaired) electrons. The second-order valence-electron chi connectivity index (χ2n) is 4.86. The van der Waals surface area contributed by atoms with E-state index < -0.39 is 0 Å². The number of nitrogens with one attached hydrogen (secondary N) is 1. The molecule has 0 fully saturated rings. The summed E-state index contributed by atoms with van der Waals surface area (Å²) in [6.45, 7) is 0.783. The zero-order chi connectivity index (χ0) is 13.9. The first-order valence-electron chi connectivity index (χ1n) is 6.67. The second-order valence-corrected chi connectivity index (χ2v) is 6.02. The van der Waals surface area contributed by atoms with Gasteiger partial charge in [-0.25, -0.2) is 9.97 Å². The largest absolute Gasteiger partial charge is 0.389 e. The third-order valence-corrected chi connectivity index (χ3v) is 4.33. The maximum atomic E-state index is 5.82. The fourth-order valence-corrected chi connectivity index (χ4v) is 3.21. The molecule has 2 aromatic heterocycles. The third-order valence-electron chi connectivity index (χ3n) is 3.47. The van der Waals surface area contributed by atoms with Gasteiger partial charge in [-0.3, -0.25) is 0 Å². The van der Waals surface area contributed by atoms with Crippen molar-refractivity contribution in [1.82, 2.24) is 9.97 Å². The summed E-state index contributed by atoms with van der Waals surface area (Å²) in [4.78, 5) is 9.37. The number of rotatable bonds is 5. The summed E-state index contributed by atoms with van der Waals surface area (Å²) in [7, 11) is 0. The molecular formula is C14H16N4S2. The van der Waals surface area contributed by atoms with E-state index in [0.717, 1.165) is 42.9 Å². The SMILES string of the molecule is NC(=S)c1cc2c(nc1NCCc1cscn1)CCC2. The van der Waals surface area contributed by atoms with E-state index >= 15 is 0 Å². The van der Waals surface area contributed by atoms with Crippen LogP contribution in [0.5, 0.6) is 0 Å². The van der Waals surface area contributed by atoms with E-state index in [1.165, 1.54) is 17.7 Å². The van der Waals surface area contributed by atoms with Crippen LogP contribution in [-0.4, -0.2) is 21.5 Å². The normalized spacial score (nSPS) is 13.2. The molecule has 0 spiro atoms. The van der Waals surface area contributed by atoms with Crippen LogP contribution in [-0.2, 0) is 19.3 Å². The Morgan fingerprint density at radius 2 is 2.35 bits per heavy atom. The van der Waals surface area contributed by atoms with Crippen molar-refractivity contribution in [3.8, 4) is 0 Å². The van der Waals surface area contributed by atoms with E-state index in [1.54, 1.807) is 11.3 Å². The summed E-state index contributed by atoms with van der Waals surface area (Å²) in [6.07, 6.45) is 4.17. The Hall–Kier alpha value is -1.53. The molecule has 20 heavy (non-hydrogen) atoms. The molecule has 3 rings (SSSR count). The molecule has 1 aliphatic rings. The van der Waals surface area contributed by atoms with Gasteiger partial charge in [0.15, 0.2) is 0 Å². The van der Waals surface area contributed by atoms with Crippen molar-refractivity contribution in [2.75, 3.05) is 11.9 Å². The van der Waals surface area contributed by atoms with Crippen LogP contribution in [0, 0.1) is 0 Å². The highest BCUT2D eigenvalue weighted by Gasteiger charge is 2.17. The van der Waals surface area contributed by atoms with Crippen molar-refractivity contribution in [3.05, 3.63) is 39.5 Å². The van der Waals surface area contributed by atoms with Gasteiger partial charge in [0, 0.05) is 24.0 Å². The first kappa shape index (κ1) is 13.5. The van der Waals surface area contributed by atoms with Crippen molar-refractivity contribution in [1.29, 1.82) is 0 Å². The van der Waals surface area contributed by atoms with Crippen LogP contribution in [0.2, 0.25) is 0 Å². The van der Waals surface area contributed by atoms with Gasteiger partial charge in [-0.2, -0.15) is 0 Å². The first-order valence-corrected chi connectivity index (χ1v) is 8.02. The van der Waals surface area contributed by atoms with E-state index in [9.17, 15) is 0 Å². The Morgan fingerprint density at radius 1 is 1.45 bits per heavy atom. The van der Waals surface area contributed by atoms with Gasteiger partial charge in [-0.15, -0.1) is 11.3 Å². The first-order chi connectivity index (χ1) is 9.74. The molecular weight excluding hydrogens is 288 g/mol. The number of pyridine rings is 1. The molecule has 1 aliphatic carbocycles. The van der Waals surface area contributed by atoms with Crippen LogP contribution in [0.1, 0.15) is 28.9 Å². The molecule has 0 unspecified atom stereocenters. The number of nitrogens with two attached hydrogens (primary N) is 1. The average molecular weight is 304 g/mol. The number of nitrogens with zero attached hydrogens (tertiary/aromatic N) is 2. The molecule has 3 N–H and O–H groups in total. The van der Waals surface area contributed by atoms with Gasteiger partial charge in [0.1, 0.15) is 10.8 Å². The van der Waals surface area contributed by atoms with Crippen molar-refractivity contribution in [2.45, 2.75) is 25.7 Å². The fourth-order valence-electron chi connectivity index (χ4n) is 2.46. The smallest absolute Gasteiger partial charge is 0.136 e. The fraction of sp³-hybridized carbons (Fsp3) is 0.357. The molecule has 0 aliphatic heterocycles. The van der Waals surface area contributed by atoms with E-state index in [1.807, 2.05) is 5.51 Å². The standard InChI is InChI=1S/C14H16N4S2/c15-13(19)11-6-9-2-1-3-12(9)18-14(11)16-5-4-10-7-20-8-17-10/h6-8H,1-5H2,(H2,15,19)(H,16,18). The van der Waals surface area contributed by atoms with Gasteiger partial charge >= 0.3 is 0 Å². The highest BCUT2D eigenvalue weighted by atomic mass is 32.1. The molecule has 0 aromatic carbocycles. The quantitative estimate of drug-likeness (QED) is 0.830. The highest BCUT2D eigenvalue weighted by molar-refractivity contribution is 7.80. The second kappa shape index (κ2) is 5.85. The van der Waals surface area contributed by atoms with Gasteiger partial charge in [0.05, 0.1) is 16.8 Å². The van der Waals surface area contributed by atoms with Gasteiger partial charge in [-0.1, -0.05) is 12.2 Å². The van der Waals surface area contributed by atoms with Gasteiger partial charge < -0.3 is 11.1 Å². The topological polar surface area (TPSA) is 63.8 Å². The minimum atomic E-state index is 0.406. The third kappa shape index (κ3) is 2.81. The summed E-state index contributed by atoms with van der Waals surface area (Å²) in [5, 5.41) is 5.41. The van der Waals surface area contributed by atoms with E-state index in [0.29, 0.717) is 4.99 Å². The molecule has 0 atom stereocenters. The number of fused-ring (bicyclic) bond motifs is 1. The predicted octanol–water partition coefficient (Wildman–Crippen LogP) is 2.32. The summed E-state index contributed by atoms with van der Waals surface area (Å²) in [5.41, 5.74) is 12.1. The zero-order valence-electron chi connectivity index (χ0n) is 11.1. The van der Waals surface area contributed by atoms with Crippen molar-refractivity contribution in [3.63, 3.8) is 0 Å². The van der Waals surface area contributed by atoms with Crippen molar-refractivity contribution in [2.24, 2.45) is 5.73 Å². The monoisotopic (exact) mass is 304 g/mol. The average Bonchev–Trinajstić information content (AvgIpc) is 3.07. The molecule has 2 heterocycles. The molecule has 0 saturated heterocycles. The minimum Gasteiger partial charge on any atom is -0.389 e. The minimum absolute atomic E-state index is 0.406. The molecule has 4 nitrogen and oxygen atoms in total. The molecule has 0 amide bonds. The number of thiazole rings is 1. The number of anilines is 1. The van der Waals surface area contributed by atoms with Crippen LogP contribution in [0.4, 0.5) is 5.82 Å². The number of aryl methyl sites for hydroxylation is 2. The summed E-state index contributed by atoms with van der Waals surface area (Å²) >= 11 is 6.75. The van der Waals surface area contributed by atoms with E-state index in [2.05, 4.69) is 21.7 Å². The van der Waals surface area contributed by atoms with E-state index in [4.69, 9.17) is 22.9 Å². The maximum Gasteiger partial charge on any atom is 0.136 e. The summed E-state index contributed by atoms with van der Waals surface area (Å²) < 4.78 is 0. The van der Waals surface area contributed by atoms with Crippen LogP contribution in [0.25, 0.3) is 0 Å². The molecule has 2 aromatic rings. The summed E-state index contributed by atoms with van der Waals surface area (Å²) in [6, 6.07) is 2.10. The molecule has 0 bridgehead atoms. The molecule has 6 heteroatoms. The number of hydrogen-bond acceptors (Lipinski definition) is 5. The van der Waals surface area contributed by atoms with Gasteiger partial charge in [-0.05, 0) is 30.9 Å². The Kier molecular flexibility index (Phi) is 3.93. The number of hydrogen-bond donors (Lipinski definition) is 2. The van der Waals surface area contributed by atoms with Gasteiger partial charge in [0.25, 0.3) is 0 Å².